The molecule has 0 unspecified atom stereocenters. The molecule has 0 spiro atoms. The Kier molecular flexibility index (Phi) is 7.12. The Morgan fingerprint density at radius 2 is 1.86 bits per heavy atom. The fourth-order valence-corrected chi connectivity index (χ4v) is 5.13. The summed E-state index contributed by atoms with van der Waals surface area (Å²) in [7, 11) is 0.247. The number of piperidine rings is 1. The number of rotatable bonds is 6. The van der Waals surface area contributed by atoms with E-state index in [1.54, 1.807) is 31.3 Å². The third-order valence-corrected chi connectivity index (χ3v) is 7.39. The zero-order valence-corrected chi connectivity index (χ0v) is 21.2. The van der Waals surface area contributed by atoms with Gasteiger partial charge in [-0.2, -0.15) is 13.2 Å². The third-order valence-electron chi connectivity index (χ3n) is 5.73. The molecule has 0 amide bonds. The first-order valence-electron chi connectivity index (χ1n) is 10.9. The first kappa shape index (κ1) is 26.1. The highest BCUT2D eigenvalue weighted by molar-refractivity contribution is 7.88. The van der Waals surface area contributed by atoms with Crippen LogP contribution in [0.5, 0.6) is 0 Å². The van der Waals surface area contributed by atoms with E-state index < -0.39 is 21.8 Å². The van der Waals surface area contributed by atoms with Gasteiger partial charge in [0.05, 0.1) is 11.9 Å². The van der Waals surface area contributed by atoms with Gasteiger partial charge in [0.2, 0.25) is 16.0 Å². The van der Waals surface area contributed by atoms with Gasteiger partial charge < -0.3 is 14.8 Å². The molecule has 15 heteroatoms. The standard InChI is InChI=1S/C21H24ClF3N8O2S/c1-31(2)19-17(22)16(4-7-26-19)32-11-15(28-12-32)18-14(21(23,24)25)10-27-20(30-18)29-13-5-8-33(9-6-13)36(3,34)35/h4,7,10-13H,5-6,8-9H2,1-3H3,(H,27,29,30). The van der Waals surface area contributed by atoms with E-state index in [-0.39, 0.29) is 23.4 Å². The number of aromatic nitrogens is 5. The van der Waals surface area contributed by atoms with Gasteiger partial charge in [0, 0.05) is 51.8 Å². The maximum atomic E-state index is 13.8. The zero-order chi connectivity index (χ0) is 26.3. The predicted octanol–water partition coefficient (Wildman–Crippen LogP) is 3.30. The van der Waals surface area contributed by atoms with Gasteiger partial charge in [-0.3, -0.25) is 0 Å². The van der Waals surface area contributed by atoms with Crippen molar-refractivity contribution >= 4 is 33.4 Å². The zero-order valence-electron chi connectivity index (χ0n) is 19.7. The molecule has 0 aromatic carbocycles. The minimum atomic E-state index is -4.70. The molecule has 0 radical (unpaired) electrons. The minimum Gasteiger partial charge on any atom is -0.361 e. The fraction of sp³-hybridized carbons (Fsp3) is 0.429. The minimum absolute atomic E-state index is 0.00203. The SMILES string of the molecule is CN(C)c1nccc(-n2cnc(-c3nc(NC4CCN(S(C)(=O)=O)CC4)ncc3C(F)(F)F)c2)c1Cl. The Hall–Kier alpha value is -2.97. The van der Waals surface area contributed by atoms with Gasteiger partial charge in [-0.25, -0.2) is 32.7 Å². The lowest BCUT2D eigenvalue weighted by atomic mass is 10.1. The molecule has 1 N–H and O–H groups in total. The van der Waals surface area contributed by atoms with Crippen LogP contribution >= 0.6 is 11.6 Å². The second kappa shape index (κ2) is 9.82. The Balaban J connectivity index is 1.64. The number of nitrogens with one attached hydrogen (secondary N) is 1. The molecule has 36 heavy (non-hydrogen) atoms. The number of anilines is 2. The van der Waals surface area contributed by atoms with E-state index in [2.05, 4.69) is 25.3 Å². The number of pyridine rings is 1. The van der Waals surface area contributed by atoms with Crippen molar-refractivity contribution in [2.24, 2.45) is 0 Å². The van der Waals surface area contributed by atoms with Gasteiger partial charge in [0.1, 0.15) is 34.1 Å². The van der Waals surface area contributed by atoms with Gasteiger partial charge >= 0.3 is 6.18 Å². The van der Waals surface area contributed by atoms with Crippen LogP contribution in [0.2, 0.25) is 5.02 Å². The maximum Gasteiger partial charge on any atom is 0.420 e. The molecule has 3 aromatic rings. The normalized spacial score (nSPS) is 15.8. The third kappa shape index (κ3) is 5.55. The van der Waals surface area contributed by atoms with Crippen molar-refractivity contribution in [1.29, 1.82) is 0 Å². The Bertz CT molecular complexity index is 1360. The van der Waals surface area contributed by atoms with E-state index in [0.29, 0.717) is 42.5 Å². The van der Waals surface area contributed by atoms with Crippen LogP contribution in [-0.4, -0.2) is 76.7 Å². The first-order valence-corrected chi connectivity index (χ1v) is 13.1. The second-order valence-corrected chi connectivity index (χ2v) is 10.9. The predicted molar refractivity (Wildman–Crippen MR) is 130 cm³/mol. The molecular formula is C21H24ClF3N8O2S. The van der Waals surface area contributed by atoms with Crippen molar-refractivity contribution in [3.05, 3.63) is 41.6 Å². The Morgan fingerprint density at radius 1 is 1.17 bits per heavy atom. The summed E-state index contributed by atoms with van der Waals surface area (Å²) in [5, 5.41) is 3.34. The average Bonchev–Trinajstić information content (AvgIpc) is 3.28. The van der Waals surface area contributed by atoms with Crippen LogP contribution in [0.3, 0.4) is 0 Å². The van der Waals surface area contributed by atoms with Crippen LogP contribution in [0.4, 0.5) is 24.9 Å². The lowest BCUT2D eigenvalue weighted by Gasteiger charge is -2.30. The van der Waals surface area contributed by atoms with Crippen molar-refractivity contribution in [3.8, 4) is 17.1 Å². The quantitative estimate of drug-likeness (QED) is 0.503. The fourth-order valence-electron chi connectivity index (χ4n) is 3.88. The average molecular weight is 545 g/mol. The summed E-state index contributed by atoms with van der Waals surface area (Å²) in [6, 6.07) is 1.44. The van der Waals surface area contributed by atoms with Crippen molar-refractivity contribution in [2.45, 2.75) is 25.1 Å². The number of imidazole rings is 1. The molecule has 0 atom stereocenters. The Labute approximate surface area is 211 Å². The van der Waals surface area contributed by atoms with E-state index in [1.165, 1.54) is 21.4 Å². The molecule has 1 aliphatic heterocycles. The highest BCUT2D eigenvalue weighted by Gasteiger charge is 2.36. The van der Waals surface area contributed by atoms with Gasteiger partial charge in [-0.1, -0.05) is 11.6 Å². The van der Waals surface area contributed by atoms with Crippen LogP contribution < -0.4 is 10.2 Å². The van der Waals surface area contributed by atoms with Crippen molar-refractivity contribution in [3.63, 3.8) is 0 Å². The molecule has 3 aromatic heterocycles. The van der Waals surface area contributed by atoms with Gasteiger partial charge in [0.15, 0.2) is 0 Å². The van der Waals surface area contributed by atoms with E-state index in [1.807, 2.05) is 0 Å². The highest BCUT2D eigenvalue weighted by Crippen LogP contribution is 2.36. The van der Waals surface area contributed by atoms with Gasteiger partial charge in [-0.15, -0.1) is 0 Å². The molecule has 1 saturated heterocycles. The number of alkyl halides is 3. The molecule has 10 nitrogen and oxygen atoms in total. The van der Waals surface area contributed by atoms with E-state index in [4.69, 9.17) is 11.6 Å². The van der Waals surface area contributed by atoms with Crippen molar-refractivity contribution < 1.29 is 21.6 Å². The van der Waals surface area contributed by atoms with Crippen molar-refractivity contribution in [1.82, 2.24) is 28.8 Å². The number of hydrogen-bond acceptors (Lipinski definition) is 8. The molecular weight excluding hydrogens is 521 g/mol. The molecule has 4 heterocycles. The van der Waals surface area contributed by atoms with E-state index in [0.717, 1.165) is 12.5 Å². The molecule has 4 rings (SSSR count). The van der Waals surface area contributed by atoms with Crippen molar-refractivity contribution in [2.75, 3.05) is 43.7 Å². The Morgan fingerprint density at radius 3 is 2.47 bits per heavy atom. The van der Waals surface area contributed by atoms with E-state index in [9.17, 15) is 21.6 Å². The summed E-state index contributed by atoms with van der Waals surface area (Å²) >= 11 is 6.46. The monoisotopic (exact) mass is 544 g/mol. The molecule has 0 bridgehead atoms. The van der Waals surface area contributed by atoms with Crippen LogP contribution in [0.15, 0.2) is 31.0 Å². The molecule has 0 aliphatic carbocycles. The summed E-state index contributed by atoms with van der Waals surface area (Å²) in [5.74, 6) is 0.498. The molecule has 194 valence electrons. The summed E-state index contributed by atoms with van der Waals surface area (Å²) in [4.78, 5) is 18.1. The first-order chi connectivity index (χ1) is 16.8. The lowest BCUT2D eigenvalue weighted by Crippen LogP contribution is -2.42. The van der Waals surface area contributed by atoms with Crippen LogP contribution in [0.1, 0.15) is 18.4 Å². The molecule has 1 aliphatic rings. The number of nitrogens with zero attached hydrogens (tertiary/aromatic N) is 7. The second-order valence-electron chi connectivity index (χ2n) is 8.56. The van der Waals surface area contributed by atoms with Crippen LogP contribution in [0, 0.1) is 0 Å². The lowest BCUT2D eigenvalue weighted by molar-refractivity contribution is -0.137. The largest absolute Gasteiger partial charge is 0.420 e. The number of sulfonamides is 1. The molecule has 1 fully saturated rings. The number of halogens is 4. The summed E-state index contributed by atoms with van der Waals surface area (Å²) in [6.45, 7) is 0.603. The topological polar surface area (TPSA) is 109 Å². The van der Waals surface area contributed by atoms with Gasteiger partial charge in [0.25, 0.3) is 0 Å². The summed E-state index contributed by atoms with van der Waals surface area (Å²) < 4.78 is 67.6. The smallest absolute Gasteiger partial charge is 0.361 e. The van der Waals surface area contributed by atoms with Gasteiger partial charge in [-0.05, 0) is 18.9 Å². The highest BCUT2D eigenvalue weighted by atomic mass is 35.5. The molecule has 0 saturated carbocycles. The summed E-state index contributed by atoms with van der Waals surface area (Å²) in [5.41, 5.74) is -0.933. The van der Waals surface area contributed by atoms with Crippen LogP contribution in [0.25, 0.3) is 17.1 Å². The maximum absolute atomic E-state index is 13.8. The number of hydrogen-bond donors (Lipinski definition) is 1. The van der Waals surface area contributed by atoms with E-state index >= 15 is 0 Å². The summed E-state index contributed by atoms with van der Waals surface area (Å²) in [6.07, 6.45) is 2.40. The van der Waals surface area contributed by atoms with Crippen LogP contribution in [-0.2, 0) is 16.2 Å².